The standard InChI is InChI=1S/C12H19N3O4/c1-3-19-11(17)5-4-8-13-12(18)9-6-7-10(16)15(2)14-9/h3-8H2,1-2H3,(H,13,18). The molecule has 106 valence electrons. The van der Waals surface area contributed by atoms with Gasteiger partial charge < -0.3 is 10.1 Å². The van der Waals surface area contributed by atoms with Crippen molar-refractivity contribution in [3.63, 3.8) is 0 Å². The minimum absolute atomic E-state index is 0.0983. The second kappa shape index (κ2) is 7.50. The van der Waals surface area contributed by atoms with E-state index in [1.807, 2.05) is 0 Å². The van der Waals surface area contributed by atoms with Crippen molar-refractivity contribution in [3.8, 4) is 0 Å². The molecule has 0 bridgehead atoms. The molecule has 0 aromatic heterocycles. The van der Waals surface area contributed by atoms with Crippen molar-refractivity contribution < 1.29 is 19.1 Å². The molecule has 0 radical (unpaired) electrons. The summed E-state index contributed by atoms with van der Waals surface area (Å²) in [5.74, 6) is -0.654. The number of hydrazone groups is 1. The Morgan fingerprint density at radius 1 is 1.42 bits per heavy atom. The summed E-state index contributed by atoms with van der Waals surface area (Å²) >= 11 is 0. The Hall–Kier alpha value is -1.92. The van der Waals surface area contributed by atoms with Gasteiger partial charge in [0.15, 0.2) is 0 Å². The van der Waals surface area contributed by atoms with Gasteiger partial charge in [0.25, 0.3) is 5.91 Å². The second-order valence-corrected chi connectivity index (χ2v) is 4.13. The van der Waals surface area contributed by atoms with Gasteiger partial charge in [0, 0.05) is 32.9 Å². The van der Waals surface area contributed by atoms with Crippen molar-refractivity contribution in [2.45, 2.75) is 32.6 Å². The van der Waals surface area contributed by atoms with E-state index in [2.05, 4.69) is 10.4 Å². The SMILES string of the molecule is CCOC(=O)CCCNC(=O)C1=NN(C)C(=O)CC1. The smallest absolute Gasteiger partial charge is 0.305 e. The predicted molar refractivity (Wildman–Crippen MR) is 68.3 cm³/mol. The van der Waals surface area contributed by atoms with E-state index >= 15 is 0 Å². The molecule has 1 rings (SSSR count). The molecule has 7 nitrogen and oxygen atoms in total. The largest absolute Gasteiger partial charge is 0.466 e. The first-order valence-electron chi connectivity index (χ1n) is 6.32. The van der Waals surface area contributed by atoms with Gasteiger partial charge in [0.05, 0.1) is 6.61 Å². The fraction of sp³-hybridized carbons (Fsp3) is 0.667. The van der Waals surface area contributed by atoms with Gasteiger partial charge in [-0.3, -0.25) is 14.4 Å². The molecule has 1 heterocycles. The monoisotopic (exact) mass is 269 g/mol. The zero-order chi connectivity index (χ0) is 14.3. The molecule has 1 N–H and O–H groups in total. The summed E-state index contributed by atoms with van der Waals surface area (Å²) < 4.78 is 4.77. The van der Waals surface area contributed by atoms with E-state index in [1.165, 1.54) is 12.1 Å². The van der Waals surface area contributed by atoms with Crippen LogP contribution in [0.5, 0.6) is 0 Å². The summed E-state index contributed by atoms with van der Waals surface area (Å²) in [5.41, 5.74) is 0.346. The van der Waals surface area contributed by atoms with Gasteiger partial charge in [-0.05, 0) is 13.3 Å². The van der Waals surface area contributed by atoms with Crippen molar-refractivity contribution >= 4 is 23.5 Å². The first-order chi connectivity index (χ1) is 9.04. The van der Waals surface area contributed by atoms with Gasteiger partial charge in [-0.1, -0.05) is 0 Å². The summed E-state index contributed by atoms with van der Waals surface area (Å²) in [6.07, 6.45) is 1.45. The first-order valence-corrected chi connectivity index (χ1v) is 6.32. The second-order valence-electron chi connectivity index (χ2n) is 4.13. The Bertz CT molecular complexity index is 392. The summed E-state index contributed by atoms with van der Waals surface area (Å²) in [6.45, 7) is 2.50. The lowest BCUT2D eigenvalue weighted by molar-refractivity contribution is -0.143. The number of hydrogen-bond acceptors (Lipinski definition) is 5. The van der Waals surface area contributed by atoms with Crippen LogP contribution < -0.4 is 5.32 Å². The molecule has 0 spiro atoms. The summed E-state index contributed by atoms with van der Waals surface area (Å²) in [7, 11) is 1.52. The zero-order valence-electron chi connectivity index (χ0n) is 11.3. The Balaban J connectivity index is 2.27. The molecule has 7 heteroatoms. The van der Waals surface area contributed by atoms with Crippen molar-refractivity contribution in [1.29, 1.82) is 0 Å². The number of nitrogens with one attached hydrogen (secondary N) is 1. The van der Waals surface area contributed by atoms with E-state index in [4.69, 9.17) is 4.74 Å². The van der Waals surface area contributed by atoms with Gasteiger partial charge in [0.2, 0.25) is 5.91 Å². The van der Waals surface area contributed by atoms with Crippen LogP contribution in [0.25, 0.3) is 0 Å². The quantitative estimate of drug-likeness (QED) is 0.545. The highest BCUT2D eigenvalue weighted by molar-refractivity contribution is 6.39. The molecular weight excluding hydrogens is 250 g/mol. The highest BCUT2D eigenvalue weighted by Gasteiger charge is 2.21. The molecule has 1 aliphatic heterocycles. The number of amides is 2. The highest BCUT2D eigenvalue weighted by atomic mass is 16.5. The third-order valence-electron chi connectivity index (χ3n) is 2.62. The van der Waals surface area contributed by atoms with Crippen molar-refractivity contribution in [3.05, 3.63) is 0 Å². The third kappa shape index (κ3) is 5.07. The Kier molecular flexibility index (Phi) is 5.98. The summed E-state index contributed by atoms with van der Waals surface area (Å²) in [5, 5.41) is 7.75. The third-order valence-corrected chi connectivity index (χ3v) is 2.62. The van der Waals surface area contributed by atoms with Crippen LogP contribution in [-0.4, -0.2) is 48.7 Å². The number of carbonyl (C=O) groups excluding carboxylic acids is 3. The van der Waals surface area contributed by atoms with Crippen LogP contribution in [-0.2, 0) is 19.1 Å². The molecule has 0 aromatic carbocycles. The minimum Gasteiger partial charge on any atom is -0.466 e. The van der Waals surface area contributed by atoms with E-state index in [0.717, 1.165) is 0 Å². The fourth-order valence-corrected chi connectivity index (χ4v) is 1.60. The number of rotatable bonds is 6. The topological polar surface area (TPSA) is 88.1 Å². The van der Waals surface area contributed by atoms with Gasteiger partial charge in [-0.25, -0.2) is 5.01 Å². The maximum Gasteiger partial charge on any atom is 0.305 e. The van der Waals surface area contributed by atoms with E-state index in [9.17, 15) is 14.4 Å². The lowest BCUT2D eigenvalue weighted by Crippen LogP contribution is -2.38. The maximum atomic E-state index is 11.7. The molecule has 1 aliphatic rings. The van der Waals surface area contributed by atoms with Gasteiger partial charge >= 0.3 is 5.97 Å². The van der Waals surface area contributed by atoms with E-state index in [1.54, 1.807) is 6.92 Å². The first kappa shape index (κ1) is 15.1. The molecule has 0 saturated heterocycles. The molecule has 2 amide bonds. The molecule has 0 unspecified atom stereocenters. The van der Waals surface area contributed by atoms with Crippen LogP contribution in [0.2, 0.25) is 0 Å². The average Bonchev–Trinajstić information content (AvgIpc) is 2.38. The Morgan fingerprint density at radius 3 is 2.79 bits per heavy atom. The van der Waals surface area contributed by atoms with Crippen LogP contribution in [0.4, 0.5) is 0 Å². The normalized spacial score (nSPS) is 14.9. The van der Waals surface area contributed by atoms with Crippen LogP contribution in [0, 0.1) is 0 Å². The average molecular weight is 269 g/mol. The van der Waals surface area contributed by atoms with E-state index < -0.39 is 0 Å². The van der Waals surface area contributed by atoms with Gasteiger partial charge in [-0.2, -0.15) is 5.10 Å². The molecule has 19 heavy (non-hydrogen) atoms. The van der Waals surface area contributed by atoms with Gasteiger partial charge in [0.1, 0.15) is 5.71 Å². The van der Waals surface area contributed by atoms with E-state index in [-0.39, 0.29) is 24.2 Å². The molecule has 0 saturated carbocycles. The van der Waals surface area contributed by atoms with Crippen molar-refractivity contribution in [2.75, 3.05) is 20.2 Å². The van der Waals surface area contributed by atoms with E-state index in [0.29, 0.717) is 38.1 Å². The Labute approximate surface area is 112 Å². The summed E-state index contributed by atoms with van der Waals surface area (Å²) in [4.78, 5) is 34.0. The molecule has 0 aliphatic carbocycles. The zero-order valence-corrected chi connectivity index (χ0v) is 11.3. The number of carbonyl (C=O) groups is 3. The predicted octanol–water partition coefficient (Wildman–Crippen LogP) is 0.0541. The van der Waals surface area contributed by atoms with Gasteiger partial charge in [-0.15, -0.1) is 0 Å². The lowest BCUT2D eigenvalue weighted by atomic mass is 10.1. The molecule has 0 atom stereocenters. The number of ether oxygens (including phenoxy) is 1. The van der Waals surface area contributed by atoms with Crippen LogP contribution >= 0.6 is 0 Å². The fourth-order valence-electron chi connectivity index (χ4n) is 1.60. The maximum absolute atomic E-state index is 11.7. The summed E-state index contributed by atoms with van der Waals surface area (Å²) in [6, 6.07) is 0. The number of esters is 1. The van der Waals surface area contributed by atoms with Crippen LogP contribution in [0.15, 0.2) is 5.10 Å². The molecule has 0 aromatic rings. The van der Waals surface area contributed by atoms with Crippen molar-refractivity contribution in [2.24, 2.45) is 5.10 Å². The number of nitrogens with zero attached hydrogens (tertiary/aromatic N) is 2. The Morgan fingerprint density at radius 2 is 2.16 bits per heavy atom. The van der Waals surface area contributed by atoms with Crippen LogP contribution in [0.3, 0.4) is 0 Å². The lowest BCUT2D eigenvalue weighted by Gasteiger charge is -2.18. The highest BCUT2D eigenvalue weighted by Crippen LogP contribution is 2.06. The van der Waals surface area contributed by atoms with Crippen LogP contribution in [0.1, 0.15) is 32.6 Å². The minimum atomic E-state index is -0.289. The number of hydrogen-bond donors (Lipinski definition) is 1. The van der Waals surface area contributed by atoms with Crippen molar-refractivity contribution in [1.82, 2.24) is 10.3 Å². The molecule has 0 fully saturated rings. The molecular formula is C12H19N3O4.